The van der Waals surface area contributed by atoms with Gasteiger partial charge in [0.25, 0.3) is 5.69 Å². The Labute approximate surface area is 217 Å². The number of hydrogen-bond acceptors (Lipinski definition) is 6. The fourth-order valence-corrected chi connectivity index (χ4v) is 5.87. The first-order valence-electron chi connectivity index (χ1n) is 11.4. The molecule has 1 heterocycles. The van der Waals surface area contributed by atoms with Crippen LogP contribution in [0, 0.1) is 32.8 Å². The summed E-state index contributed by atoms with van der Waals surface area (Å²) in [6.07, 6.45) is 4.76. The zero-order valence-electron chi connectivity index (χ0n) is 19.9. The lowest BCUT2D eigenvalue weighted by molar-refractivity contribution is -0.384. The molecular formula is C27H26BrN3O3S. The number of nitrogens with zero attached hydrogens (tertiary/aromatic N) is 3. The number of halogens is 1. The van der Waals surface area contributed by atoms with Crippen LogP contribution in [0.5, 0.6) is 5.75 Å². The molecule has 1 atom stereocenters. The molecule has 0 N–H and O–H groups in total. The van der Waals surface area contributed by atoms with Gasteiger partial charge in [-0.1, -0.05) is 36.7 Å². The normalized spacial score (nSPS) is 15.6. The van der Waals surface area contributed by atoms with Gasteiger partial charge in [0, 0.05) is 33.3 Å². The van der Waals surface area contributed by atoms with Gasteiger partial charge in [-0.25, -0.2) is 4.99 Å². The number of rotatable bonds is 6. The number of thiophene rings is 1. The Kier molecular flexibility index (Phi) is 7.39. The molecule has 0 fully saturated rings. The highest BCUT2D eigenvalue weighted by molar-refractivity contribution is 9.10. The quantitative estimate of drug-likeness (QED) is 0.178. The van der Waals surface area contributed by atoms with E-state index in [4.69, 9.17) is 9.73 Å². The van der Waals surface area contributed by atoms with Crippen LogP contribution in [-0.4, -0.2) is 11.1 Å². The monoisotopic (exact) mass is 551 g/mol. The van der Waals surface area contributed by atoms with E-state index in [1.165, 1.54) is 17.0 Å². The number of nitro groups is 1. The largest absolute Gasteiger partial charge is 0.488 e. The molecule has 4 rings (SSSR count). The first-order chi connectivity index (χ1) is 16.7. The molecule has 0 amide bonds. The smallest absolute Gasteiger partial charge is 0.269 e. The van der Waals surface area contributed by atoms with Crippen LogP contribution in [-0.2, 0) is 19.4 Å². The van der Waals surface area contributed by atoms with Crippen LogP contribution in [0.4, 0.5) is 10.7 Å². The molecule has 0 unspecified atom stereocenters. The number of benzene rings is 2. The molecule has 0 saturated heterocycles. The van der Waals surface area contributed by atoms with Crippen molar-refractivity contribution in [3.8, 4) is 11.8 Å². The number of fused-ring (bicyclic) bond motifs is 1. The zero-order chi connectivity index (χ0) is 25.2. The predicted octanol–water partition coefficient (Wildman–Crippen LogP) is 7.77. The number of non-ortho nitro benzene ring substituents is 1. The van der Waals surface area contributed by atoms with Crippen molar-refractivity contribution in [1.82, 2.24) is 0 Å². The molecule has 0 saturated carbocycles. The fourth-order valence-electron chi connectivity index (χ4n) is 4.27. The Bertz CT molecular complexity index is 1320. The first-order valence-corrected chi connectivity index (χ1v) is 13.0. The SMILES string of the molecule is CC(C)(C)[C@H]1CCc2c(sc(N=Cc3cc(Br)ccc3OCc3ccc([N+](=O)[O-])cc3)c2C#N)C1. The second-order valence-electron chi connectivity index (χ2n) is 9.75. The molecule has 6 nitrogen and oxygen atoms in total. The first kappa shape index (κ1) is 25.1. The number of nitriles is 1. The molecule has 1 aliphatic carbocycles. The molecule has 0 bridgehead atoms. The minimum Gasteiger partial charge on any atom is -0.488 e. The van der Waals surface area contributed by atoms with E-state index in [2.05, 4.69) is 42.8 Å². The van der Waals surface area contributed by atoms with Crippen LogP contribution >= 0.6 is 27.3 Å². The third-order valence-electron chi connectivity index (χ3n) is 6.42. The van der Waals surface area contributed by atoms with Crippen LogP contribution in [0.2, 0.25) is 0 Å². The Morgan fingerprint density at radius 1 is 1.29 bits per heavy atom. The Morgan fingerprint density at radius 3 is 2.69 bits per heavy atom. The van der Waals surface area contributed by atoms with Crippen LogP contribution in [0.15, 0.2) is 51.9 Å². The molecule has 0 aliphatic heterocycles. The average molecular weight is 552 g/mol. The van der Waals surface area contributed by atoms with Crippen LogP contribution in [0.1, 0.15) is 54.3 Å². The van der Waals surface area contributed by atoms with Crippen molar-refractivity contribution in [2.24, 2.45) is 16.3 Å². The topological polar surface area (TPSA) is 88.5 Å². The maximum atomic E-state index is 10.9. The zero-order valence-corrected chi connectivity index (χ0v) is 22.3. The van der Waals surface area contributed by atoms with Gasteiger partial charge < -0.3 is 4.74 Å². The lowest BCUT2D eigenvalue weighted by atomic mass is 9.72. The van der Waals surface area contributed by atoms with Gasteiger partial charge in [-0.05, 0) is 72.1 Å². The van der Waals surface area contributed by atoms with Crippen LogP contribution in [0.3, 0.4) is 0 Å². The number of nitro benzene ring substituents is 1. The summed E-state index contributed by atoms with van der Waals surface area (Å²) in [6, 6.07) is 14.4. The third-order valence-corrected chi connectivity index (χ3v) is 8.07. The summed E-state index contributed by atoms with van der Waals surface area (Å²) in [7, 11) is 0. The van der Waals surface area contributed by atoms with E-state index in [0.29, 0.717) is 17.2 Å². The number of hydrogen-bond donors (Lipinski definition) is 0. The van der Waals surface area contributed by atoms with Gasteiger partial charge in [0.1, 0.15) is 23.4 Å². The van der Waals surface area contributed by atoms with Gasteiger partial charge in [0.05, 0.1) is 10.5 Å². The highest BCUT2D eigenvalue weighted by Gasteiger charge is 2.32. The van der Waals surface area contributed by atoms with Crippen molar-refractivity contribution in [3.63, 3.8) is 0 Å². The molecular weight excluding hydrogens is 526 g/mol. The lowest BCUT2D eigenvalue weighted by Crippen LogP contribution is -2.26. The van der Waals surface area contributed by atoms with E-state index in [0.717, 1.165) is 45.4 Å². The molecule has 3 aromatic rings. The van der Waals surface area contributed by atoms with Crippen molar-refractivity contribution in [1.29, 1.82) is 5.26 Å². The highest BCUT2D eigenvalue weighted by Crippen LogP contribution is 2.45. The lowest BCUT2D eigenvalue weighted by Gasteiger charge is -2.33. The van der Waals surface area contributed by atoms with Gasteiger partial charge in [0.2, 0.25) is 0 Å². The maximum absolute atomic E-state index is 10.9. The van der Waals surface area contributed by atoms with Gasteiger partial charge in [0.15, 0.2) is 0 Å². The van der Waals surface area contributed by atoms with E-state index in [-0.39, 0.29) is 17.7 Å². The Balaban J connectivity index is 1.56. The van der Waals surface area contributed by atoms with E-state index in [9.17, 15) is 15.4 Å². The second-order valence-corrected chi connectivity index (χ2v) is 11.8. The van der Waals surface area contributed by atoms with Crippen LogP contribution in [0.25, 0.3) is 0 Å². The highest BCUT2D eigenvalue weighted by atomic mass is 79.9. The molecule has 1 aliphatic rings. The summed E-state index contributed by atoms with van der Waals surface area (Å²) in [6.45, 7) is 7.12. The van der Waals surface area contributed by atoms with Crippen molar-refractivity contribution >= 4 is 44.2 Å². The van der Waals surface area contributed by atoms with E-state index in [1.807, 2.05) is 18.2 Å². The summed E-state index contributed by atoms with van der Waals surface area (Å²) in [5.41, 5.74) is 3.75. The van der Waals surface area contributed by atoms with Crippen molar-refractivity contribution in [2.75, 3.05) is 0 Å². The van der Waals surface area contributed by atoms with Crippen molar-refractivity contribution in [2.45, 2.75) is 46.6 Å². The van der Waals surface area contributed by atoms with Gasteiger partial charge in [-0.3, -0.25) is 10.1 Å². The molecule has 0 spiro atoms. The Morgan fingerprint density at radius 2 is 2.03 bits per heavy atom. The van der Waals surface area contributed by atoms with Crippen molar-refractivity contribution in [3.05, 3.63) is 84.2 Å². The maximum Gasteiger partial charge on any atom is 0.269 e. The molecule has 1 aromatic heterocycles. The minimum absolute atomic E-state index is 0.0472. The molecule has 0 radical (unpaired) electrons. The standard InChI is InChI=1S/C27H26BrN3O3S/c1-27(2,3)19-6-10-22-23(14-29)26(35-25(22)13-19)30-15-18-12-20(28)7-11-24(18)34-16-17-4-8-21(9-5-17)31(32)33/h4-5,7-9,11-12,15,19H,6,10,13,16H2,1-3H3/t19-/m0/s1. The second kappa shape index (κ2) is 10.3. The third kappa shape index (κ3) is 5.80. The van der Waals surface area contributed by atoms with Gasteiger partial charge in [-0.15, -0.1) is 11.3 Å². The fraction of sp³-hybridized carbons (Fsp3) is 0.333. The van der Waals surface area contributed by atoms with Crippen molar-refractivity contribution < 1.29 is 9.66 Å². The summed E-state index contributed by atoms with van der Waals surface area (Å²) in [5, 5.41) is 21.5. The molecule has 2 aromatic carbocycles. The van der Waals surface area contributed by atoms with E-state index < -0.39 is 4.92 Å². The number of aliphatic imine (C=N–C) groups is 1. The van der Waals surface area contributed by atoms with Gasteiger partial charge >= 0.3 is 0 Å². The van der Waals surface area contributed by atoms with Gasteiger partial charge in [-0.2, -0.15) is 5.26 Å². The summed E-state index contributed by atoms with van der Waals surface area (Å²) in [4.78, 5) is 16.4. The Hall–Kier alpha value is -3.02. The average Bonchev–Trinajstić information content (AvgIpc) is 3.18. The predicted molar refractivity (Wildman–Crippen MR) is 143 cm³/mol. The minimum atomic E-state index is -0.422. The van der Waals surface area contributed by atoms with E-state index in [1.54, 1.807) is 29.7 Å². The molecule has 35 heavy (non-hydrogen) atoms. The molecule has 8 heteroatoms. The van der Waals surface area contributed by atoms with Crippen LogP contribution < -0.4 is 4.74 Å². The summed E-state index contributed by atoms with van der Waals surface area (Å²) >= 11 is 5.13. The van der Waals surface area contributed by atoms with E-state index >= 15 is 0 Å². The molecule has 180 valence electrons. The summed E-state index contributed by atoms with van der Waals surface area (Å²) in [5.74, 6) is 1.24. The number of ether oxygens (including phenoxy) is 1. The summed E-state index contributed by atoms with van der Waals surface area (Å²) < 4.78 is 6.90.